The van der Waals surface area contributed by atoms with Crippen molar-refractivity contribution in [2.45, 2.75) is 6.92 Å². The van der Waals surface area contributed by atoms with Crippen molar-refractivity contribution in [3.63, 3.8) is 0 Å². The van der Waals surface area contributed by atoms with Crippen LogP contribution in [-0.4, -0.2) is 5.97 Å². The molecule has 1 aromatic carbocycles. The lowest BCUT2D eigenvalue weighted by Crippen LogP contribution is -1.97. The van der Waals surface area contributed by atoms with Crippen LogP contribution in [0.25, 0.3) is 12.2 Å². The van der Waals surface area contributed by atoms with E-state index >= 15 is 0 Å². The zero-order valence-electron chi connectivity index (χ0n) is 9.01. The number of fused-ring (bicyclic) bond motifs is 1. The number of carbonyl (C=O) groups excluding carboxylic acids is 1. The van der Waals surface area contributed by atoms with Gasteiger partial charge in [0.05, 0.1) is 0 Å². The van der Waals surface area contributed by atoms with Crippen LogP contribution in [-0.2, 0) is 9.53 Å². The Morgan fingerprint density at radius 3 is 2.50 bits per heavy atom. The molecule has 1 aliphatic rings. The van der Waals surface area contributed by atoms with Gasteiger partial charge in [-0.1, -0.05) is 42.5 Å². The van der Waals surface area contributed by atoms with Gasteiger partial charge in [0.2, 0.25) is 0 Å². The Balaban J connectivity index is 2.42. The summed E-state index contributed by atoms with van der Waals surface area (Å²) in [6, 6.07) is 7.95. The molecule has 0 N–H and O–H groups in total. The van der Waals surface area contributed by atoms with E-state index in [2.05, 4.69) is 0 Å². The van der Waals surface area contributed by atoms with E-state index in [9.17, 15) is 4.79 Å². The molecule has 1 aliphatic carbocycles. The van der Waals surface area contributed by atoms with Gasteiger partial charge in [0.25, 0.3) is 0 Å². The Bertz CT molecular complexity index is 493. The van der Waals surface area contributed by atoms with Gasteiger partial charge in [-0.05, 0) is 23.3 Å². The highest BCUT2D eigenvalue weighted by Gasteiger charge is 2.02. The van der Waals surface area contributed by atoms with Crippen LogP contribution in [0.15, 0.2) is 48.3 Å². The van der Waals surface area contributed by atoms with Crippen LogP contribution in [0.2, 0.25) is 0 Å². The second-order valence-corrected chi connectivity index (χ2v) is 3.49. The van der Waals surface area contributed by atoms with E-state index in [1.807, 2.05) is 48.6 Å². The molecule has 0 aliphatic heterocycles. The maximum Gasteiger partial charge on any atom is 0.308 e. The molecule has 0 radical (unpaired) electrons. The smallest absolute Gasteiger partial charge is 0.308 e. The molecule has 16 heavy (non-hydrogen) atoms. The van der Waals surface area contributed by atoms with Gasteiger partial charge in [-0.3, -0.25) is 4.79 Å². The zero-order valence-corrected chi connectivity index (χ0v) is 9.01. The number of hydrogen-bond acceptors (Lipinski definition) is 2. The summed E-state index contributed by atoms with van der Waals surface area (Å²) in [5.74, 6) is 0.252. The molecular weight excluding hydrogens is 200 g/mol. The summed E-state index contributed by atoms with van der Waals surface area (Å²) in [6.45, 7) is 1.40. The SMILES string of the molecule is CC(=O)OC1=C/c2ccccc2/C=C/C=C\1. The van der Waals surface area contributed by atoms with E-state index in [1.165, 1.54) is 6.92 Å². The lowest BCUT2D eigenvalue weighted by molar-refractivity contribution is -0.136. The highest BCUT2D eigenvalue weighted by atomic mass is 16.5. The lowest BCUT2D eigenvalue weighted by Gasteiger charge is -2.06. The van der Waals surface area contributed by atoms with Gasteiger partial charge in [0, 0.05) is 6.92 Å². The summed E-state index contributed by atoms with van der Waals surface area (Å²) in [4.78, 5) is 10.9. The number of esters is 1. The molecule has 0 saturated carbocycles. The quantitative estimate of drug-likeness (QED) is 0.668. The molecule has 80 valence electrons. The number of ether oxygens (including phenoxy) is 1. The molecule has 0 saturated heterocycles. The highest BCUT2D eigenvalue weighted by Crippen LogP contribution is 2.18. The van der Waals surface area contributed by atoms with Crippen LogP contribution in [0.1, 0.15) is 18.1 Å². The molecule has 0 amide bonds. The molecule has 2 nitrogen and oxygen atoms in total. The van der Waals surface area contributed by atoms with Crippen molar-refractivity contribution in [1.29, 1.82) is 0 Å². The minimum atomic E-state index is -0.307. The predicted octanol–water partition coefficient (Wildman–Crippen LogP) is 3.17. The standard InChI is InChI=1S/C14H12O2/c1-11(15)16-14-9-5-4-7-12-6-2-3-8-13(12)10-14/h2-10H,1H3/b5-4?,7-4+,9-5-,12-7?,13-10?,14-9?,14-10+. The normalized spacial score (nSPS) is 20.7. The minimum Gasteiger partial charge on any atom is -0.427 e. The lowest BCUT2D eigenvalue weighted by atomic mass is 10.0. The number of allylic oxidation sites excluding steroid dienone is 3. The van der Waals surface area contributed by atoms with Crippen LogP contribution < -0.4 is 0 Å². The zero-order chi connectivity index (χ0) is 11.4. The third-order valence-corrected chi connectivity index (χ3v) is 2.20. The van der Waals surface area contributed by atoms with Crippen molar-refractivity contribution in [3.05, 3.63) is 59.4 Å². The summed E-state index contributed by atoms with van der Waals surface area (Å²) in [6.07, 6.45) is 9.43. The number of benzene rings is 1. The maximum absolute atomic E-state index is 10.9. The fourth-order valence-electron chi connectivity index (χ4n) is 1.53. The first-order valence-electron chi connectivity index (χ1n) is 5.09. The van der Waals surface area contributed by atoms with Gasteiger partial charge in [0.1, 0.15) is 5.76 Å². The molecule has 0 spiro atoms. The van der Waals surface area contributed by atoms with Crippen LogP contribution in [0, 0.1) is 0 Å². The molecule has 0 unspecified atom stereocenters. The van der Waals surface area contributed by atoms with Crippen LogP contribution >= 0.6 is 0 Å². The van der Waals surface area contributed by atoms with Gasteiger partial charge in [-0.15, -0.1) is 0 Å². The second-order valence-electron chi connectivity index (χ2n) is 3.49. The molecule has 0 heterocycles. The summed E-state index contributed by atoms with van der Waals surface area (Å²) in [7, 11) is 0. The summed E-state index contributed by atoms with van der Waals surface area (Å²) in [5, 5.41) is 0. The van der Waals surface area contributed by atoms with E-state index in [4.69, 9.17) is 4.74 Å². The highest BCUT2D eigenvalue weighted by molar-refractivity contribution is 5.73. The Morgan fingerprint density at radius 1 is 1.06 bits per heavy atom. The van der Waals surface area contributed by atoms with Gasteiger partial charge in [-0.25, -0.2) is 0 Å². The maximum atomic E-state index is 10.9. The van der Waals surface area contributed by atoms with Gasteiger partial charge in [0.15, 0.2) is 0 Å². The number of hydrogen-bond donors (Lipinski definition) is 0. The summed E-state index contributed by atoms with van der Waals surface area (Å²) < 4.78 is 5.09. The van der Waals surface area contributed by atoms with E-state index in [0.29, 0.717) is 5.76 Å². The number of rotatable bonds is 1. The molecule has 2 heteroatoms. The third kappa shape index (κ3) is 2.48. The van der Waals surface area contributed by atoms with E-state index in [-0.39, 0.29) is 5.97 Å². The largest absolute Gasteiger partial charge is 0.427 e. The topological polar surface area (TPSA) is 26.3 Å². The van der Waals surface area contributed by atoms with E-state index < -0.39 is 0 Å². The predicted molar refractivity (Wildman–Crippen MR) is 64.4 cm³/mol. The van der Waals surface area contributed by atoms with Crippen LogP contribution in [0.5, 0.6) is 0 Å². The second kappa shape index (κ2) is 4.62. The third-order valence-electron chi connectivity index (χ3n) is 2.20. The molecular formula is C14H12O2. The summed E-state index contributed by atoms with van der Waals surface area (Å²) in [5.41, 5.74) is 2.15. The Morgan fingerprint density at radius 2 is 1.75 bits per heavy atom. The van der Waals surface area contributed by atoms with E-state index in [0.717, 1.165) is 11.1 Å². The first-order chi connectivity index (χ1) is 7.75. The fraction of sp³-hybridized carbons (Fsp3) is 0.0714. The molecule has 0 fully saturated rings. The Kier molecular flexibility index (Phi) is 3.01. The van der Waals surface area contributed by atoms with Crippen LogP contribution in [0.3, 0.4) is 0 Å². The summed E-state index contributed by atoms with van der Waals surface area (Å²) >= 11 is 0. The fourth-order valence-corrected chi connectivity index (χ4v) is 1.53. The van der Waals surface area contributed by atoms with Crippen molar-refractivity contribution in [2.24, 2.45) is 0 Å². The van der Waals surface area contributed by atoms with E-state index in [1.54, 1.807) is 6.08 Å². The molecule has 1 aromatic rings. The van der Waals surface area contributed by atoms with Crippen molar-refractivity contribution in [1.82, 2.24) is 0 Å². The Hall–Kier alpha value is -2.09. The van der Waals surface area contributed by atoms with Crippen molar-refractivity contribution >= 4 is 18.1 Å². The molecule has 0 atom stereocenters. The van der Waals surface area contributed by atoms with Crippen LogP contribution in [0.4, 0.5) is 0 Å². The average Bonchev–Trinajstić information content (AvgIpc) is 2.21. The van der Waals surface area contributed by atoms with Gasteiger partial charge in [-0.2, -0.15) is 0 Å². The van der Waals surface area contributed by atoms with Gasteiger partial charge >= 0.3 is 5.97 Å². The first kappa shape index (κ1) is 10.4. The minimum absolute atomic E-state index is 0.307. The molecule has 2 rings (SSSR count). The van der Waals surface area contributed by atoms with Gasteiger partial charge < -0.3 is 4.74 Å². The Labute approximate surface area is 94.6 Å². The monoisotopic (exact) mass is 212 g/mol. The number of carbonyl (C=O) groups is 1. The van der Waals surface area contributed by atoms with Crippen molar-refractivity contribution in [3.8, 4) is 0 Å². The van der Waals surface area contributed by atoms with Crippen molar-refractivity contribution in [2.75, 3.05) is 0 Å². The first-order valence-corrected chi connectivity index (χ1v) is 5.09. The molecule has 0 aromatic heterocycles. The molecule has 0 bridgehead atoms. The van der Waals surface area contributed by atoms with Crippen molar-refractivity contribution < 1.29 is 9.53 Å². The average molecular weight is 212 g/mol.